The molecule has 3 aromatic heterocycles. The van der Waals surface area contributed by atoms with E-state index in [-0.39, 0.29) is 5.91 Å². The molecule has 0 spiro atoms. The summed E-state index contributed by atoms with van der Waals surface area (Å²) in [6.07, 6.45) is 5.34. The van der Waals surface area contributed by atoms with Gasteiger partial charge in [-0.3, -0.25) is 19.8 Å². The van der Waals surface area contributed by atoms with Gasteiger partial charge in [0.1, 0.15) is 11.4 Å². The van der Waals surface area contributed by atoms with Crippen molar-refractivity contribution in [1.29, 1.82) is 0 Å². The number of H-pyrrole nitrogens is 1. The zero-order valence-corrected chi connectivity index (χ0v) is 19.8. The van der Waals surface area contributed by atoms with Gasteiger partial charge in [-0.25, -0.2) is 4.98 Å². The summed E-state index contributed by atoms with van der Waals surface area (Å²) in [7, 11) is 0. The standard InChI is InChI=1S/C26H28N6O3/c1-26(2,34)25(33)32-11-9-31(10-12-32)17-18-13-19-3-5-21(14-23(19)27-15-18)35-24-6-4-20(16-28-24)22-7-8-29-30-22/h3-8,13-16,34H,9-12,17H2,1-2H3,(H,29,30). The van der Waals surface area contributed by atoms with Gasteiger partial charge in [-0.2, -0.15) is 5.10 Å². The molecule has 0 aliphatic carbocycles. The molecule has 5 rings (SSSR count). The molecule has 0 saturated carbocycles. The lowest BCUT2D eigenvalue weighted by atomic mass is 10.1. The van der Waals surface area contributed by atoms with Gasteiger partial charge in [-0.15, -0.1) is 0 Å². The number of piperazine rings is 1. The van der Waals surface area contributed by atoms with Gasteiger partial charge in [0.2, 0.25) is 5.88 Å². The number of fused-ring (bicyclic) bond motifs is 1. The highest BCUT2D eigenvalue weighted by Gasteiger charge is 2.31. The maximum absolute atomic E-state index is 12.3. The minimum absolute atomic E-state index is 0.216. The number of carbonyl (C=O) groups is 1. The summed E-state index contributed by atoms with van der Waals surface area (Å²) in [5.41, 5.74) is 2.48. The fourth-order valence-electron chi connectivity index (χ4n) is 4.19. The highest BCUT2D eigenvalue weighted by Crippen LogP contribution is 2.26. The molecule has 1 aliphatic rings. The van der Waals surface area contributed by atoms with Gasteiger partial charge in [0.05, 0.1) is 11.2 Å². The van der Waals surface area contributed by atoms with Crippen LogP contribution in [0.2, 0.25) is 0 Å². The first-order chi connectivity index (χ1) is 16.8. The highest BCUT2D eigenvalue weighted by atomic mass is 16.5. The molecule has 0 unspecified atom stereocenters. The molecule has 4 aromatic rings. The number of aliphatic hydroxyl groups is 1. The molecule has 1 aromatic carbocycles. The van der Waals surface area contributed by atoms with Crippen LogP contribution in [0.1, 0.15) is 19.4 Å². The topological polar surface area (TPSA) is 107 Å². The Balaban J connectivity index is 1.20. The fraction of sp³-hybridized carbons (Fsp3) is 0.308. The van der Waals surface area contributed by atoms with Crippen LogP contribution in [0.5, 0.6) is 11.6 Å². The van der Waals surface area contributed by atoms with Gasteiger partial charge in [-0.1, -0.05) is 0 Å². The third-order valence-corrected chi connectivity index (χ3v) is 6.07. The lowest BCUT2D eigenvalue weighted by Gasteiger charge is -2.37. The number of aromatic nitrogens is 4. The van der Waals surface area contributed by atoms with Crippen LogP contribution in [0.25, 0.3) is 22.2 Å². The van der Waals surface area contributed by atoms with E-state index >= 15 is 0 Å². The molecule has 0 bridgehead atoms. The average Bonchev–Trinajstić information content (AvgIpc) is 3.39. The van der Waals surface area contributed by atoms with E-state index in [1.807, 2.05) is 42.6 Å². The Morgan fingerprint density at radius 2 is 1.89 bits per heavy atom. The van der Waals surface area contributed by atoms with Gasteiger partial charge in [0, 0.05) is 74.4 Å². The summed E-state index contributed by atoms with van der Waals surface area (Å²) in [6, 6.07) is 13.6. The van der Waals surface area contributed by atoms with Crippen LogP contribution in [-0.2, 0) is 11.3 Å². The zero-order chi connectivity index (χ0) is 24.4. The van der Waals surface area contributed by atoms with E-state index < -0.39 is 5.60 Å². The Morgan fingerprint density at radius 1 is 1.06 bits per heavy atom. The van der Waals surface area contributed by atoms with E-state index in [0.717, 1.165) is 47.4 Å². The van der Waals surface area contributed by atoms with Crippen molar-refractivity contribution in [2.24, 2.45) is 0 Å². The molecule has 1 fully saturated rings. The number of amides is 1. The molecule has 180 valence electrons. The Morgan fingerprint density at radius 3 is 2.57 bits per heavy atom. The number of ether oxygens (including phenoxy) is 1. The first kappa shape index (κ1) is 22.9. The van der Waals surface area contributed by atoms with E-state index in [9.17, 15) is 9.90 Å². The van der Waals surface area contributed by atoms with Crippen molar-refractivity contribution in [1.82, 2.24) is 30.0 Å². The second-order valence-corrected chi connectivity index (χ2v) is 9.28. The molecular formula is C26H28N6O3. The van der Waals surface area contributed by atoms with Crippen molar-refractivity contribution in [2.45, 2.75) is 26.0 Å². The number of nitrogens with zero attached hydrogens (tertiary/aromatic N) is 5. The van der Waals surface area contributed by atoms with Crippen molar-refractivity contribution in [3.05, 3.63) is 66.6 Å². The van der Waals surface area contributed by atoms with Crippen LogP contribution in [0.3, 0.4) is 0 Å². The normalized spacial score (nSPS) is 14.9. The Labute approximate surface area is 203 Å². The smallest absolute Gasteiger partial charge is 0.254 e. The minimum atomic E-state index is -1.33. The molecule has 1 saturated heterocycles. The van der Waals surface area contributed by atoms with E-state index in [1.165, 1.54) is 13.8 Å². The number of benzene rings is 1. The molecule has 4 heterocycles. The van der Waals surface area contributed by atoms with Crippen LogP contribution >= 0.6 is 0 Å². The molecule has 2 N–H and O–H groups in total. The molecule has 1 amide bonds. The van der Waals surface area contributed by atoms with E-state index in [1.54, 1.807) is 17.3 Å². The maximum atomic E-state index is 12.3. The van der Waals surface area contributed by atoms with Crippen molar-refractivity contribution in [3.63, 3.8) is 0 Å². The molecule has 35 heavy (non-hydrogen) atoms. The van der Waals surface area contributed by atoms with Crippen molar-refractivity contribution in [3.8, 4) is 22.9 Å². The second-order valence-electron chi connectivity index (χ2n) is 9.28. The van der Waals surface area contributed by atoms with Gasteiger partial charge in [0.25, 0.3) is 5.91 Å². The zero-order valence-electron chi connectivity index (χ0n) is 19.8. The molecular weight excluding hydrogens is 444 g/mol. The van der Waals surface area contributed by atoms with E-state index in [4.69, 9.17) is 4.74 Å². The predicted octanol–water partition coefficient (Wildman–Crippen LogP) is 3.23. The van der Waals surface area contributed by atoms with Gasteiger partial charge in [-0.05, 0) is 49.7 Å². The van der Waals surface area contributed by atoms with Crippen molar-refractivity contribution in [2.75, 3.05) is 26.2 Å². The number of carbonyl (C=O) groups excluding carboxylic acids is 1. The summed E-state index contributed by atoms with van der Waals surface area (Å²) in [5, 5.41) is 17.9. The van der Waals surface area contributed by atoms with Crippen LogP contribution in [0.15, 0.2) is 61.1 Å². The average molecular weight is 473 g/mol. The fourth-order valence-corrected chi connectivity index (χ4v) is 4.19. The summed E-state index contributed by atoms with van der Waals surface area (Å²) in [6.45, 7) is 6.58. The predicted molar refractivity (Wildman–Crippen MR) is 132 cm³/mol. The van der Waals surface area contributed by atoms with Crippen LogP contribution in [0.4, 0.5) is 0 Å². The molecule has 0 atom stereocenters. The lowest BCUT2D eigenvalue weighted by Crippen LogP contribution is -2.53. The Kier molecular flexibility index (Phi) is 6.19. The van der Waals surface area contributed by atoms with E-state index in [0.29, 0.717) is 24.7 Å². The summed E-state index contributed by atoms with van der Waals surface area (Å²) in [4.78, 5) is 25.3. The van der Waals surface area contributed by atoms with Crippen LogP contribution in [0, 0.1) is 0 Å². The van der Waals surface area contributed by atoms with Crippen LogP contribution in [-0.4, -0.2) is 72.8 Å². The number of pyridine rings is 2. The highest BCUT2D eigenvalue weighted by molar-refractivity contribution is 5.84. The van der Waals surface area contributed by atoms with Crippen LogP contribution < -0.4 is 4.74 Å². The van der Waals surface area contributed by atoms with Gasteiger partial charge < -0.3 is 14.7 Å². The minimum Gasteiger partial charge on any atom is -0.439 e. The van der Waals surface area contributed by atoms with Crippen molar-refractivity contribution >= 4 is 16.8 Å². The molecule has 9 heteroatoms. The number of hydrogen-bond donors (Lipinski definition) is 2. The second kappa shape index (κ2) is 9.44. The molecule has 0 radical (unpaired) electrons. The SMILES string of the molecule is CC(C)(O)C(=O)N1CCN(Cc2cnc3cc(Oc4ccc(-c5ccn[nH]5)cn4)ccc3c2)CC1. The van der Waals surface area contributed by atoms with Gasteiger partial charge in [0.15, 0.2) is 0 Å². The van der Waals surface area contributed by atoms with Crippen molar-refractivity contribution < 1.29 is 14.6 Å². The summed E-state index contributed by atoms with van der Waals surface area (Å²) in [5.74, 6) is 0.963. The largest absolute Gasteiger partial charge is 0.439 e. The monoisotopic (exact) mass is 472 g/mol. The number of nitrogens with one attached hydrogen (secondary N) is 1. The lowest BCUT2D eigenvalue weighted by molar-refractivity contribution is -0.149. The number of hydrogen-bond acceptors (Lipinski definition) is 7. The first-order valence-electron chi connectivity index (χ1n) is 11.6. The first-order valence-corrected chi connectivity index (χ1v) is 11.6. The summed E-state index contributed by atoms with van der Waals surface area (Å²) < 4.78 is 5.93. The van der Waals surface area contributed by atoms with Gasteiger partial charge >= 0.3 is 0 Å². The molecule has 9 nitrogen and oxygen atoms in total. The third-order valence-electron chi connectivity index (χ3n) is 6.07. The summed E-state index contributed by atoms with van der Waals surface area (Å²) >= 11 is 0. The third kappa shape index (κ3) is 5.31. The quantitative estimate of drug-likeness (QED) is 0.444. The van der Waals surface area contributed by atoms with E-state index in [2.05, 4.69) is 31.1 Å². The maximum Gasteiger partial charge on any atom is 0.254 e. The Hall–Kier alpha value is -3.82. The number of rotatable bonds is 6. The Bertz CT molecular complexity index is 1310. The number of aromatic amines is 1. The molecule has 1 aliphatic heterocycles.